The lowest BCUT2D eigenvalue weighted by Gasteiger charge is -2.41. The third-order valence-electron chi connectivity index (χ3n) is 6.99. The van der Waals surface area contributed by atoms with Gasteiger partial charge in [0, 0.05) is 44.4 Å². The summed E-state index contributed by atoms with van der Waals surface area (Å²) in [5.74, 6) is 0. The first-order valence-electron chi connectivity index (χ1n) is 12.3. The number of aliphatic hydroxyl groups excluding tert-OH is 1. The Morgan fingerprint density at radius 1 is 1.17 bits per heavy atom. The number of aryl methyl sites for hydroxylation is 1. The Balaban J connectivity index is 1.55. The highest BCUT2D eigenvalue weighted by molar-refractivity contribution is 6.30. The summed E-state index contributed by atoms with van der Waals surface area (Å²) in [7, 11) is 1.95. The van der Waals surface area contributed by atoms with E-state index in [1.54, 1.807) is 6.33 Å². The fraction of sp³-hybridized carbons (Fsp3) is 0.407. The number of halogens is 1. The third-order valence-corrected chi connectivity index (χ3v) is 7.23. The number of aliphatic hydroxyl groups is 1. The van der Waals surface area contributed by atoms with E-state index in [-0.39, 0.29) is 18.2 Å². The number of nitrogens with zero attached hydrogens (tertiary/aromatic N) is 5. The third kappa shape index (κ3) is 4.85. The van der Waals surface area contributed by atoms with E-state index in [1.165, 1.54) is 0 Å². The van der Waals surface area contributed by atoms with Gasteiger partial charge in [-0.25, -0.2) is 4.98 Å². The van der Waals surface area contributed by atoms with Gasteiger partial charge in [-0.3, -0.25) is 14.8 Å². The van der Waals surface area contributed by atoms with Gasteiger partial charge in [0.05, 0.1) is 42.1 Å². The largest absolute Gasteiger partial charge is 0.356 e. The van der Waals surface area contributed by atoms with Crippen LogP contribution in [0.25, 0.3) is 11.6 Å². The quantitative estimate of drug-likeness (QED) is 0.493. The van der Waals surface area contributed by atoms with Crippen LogP contribution in [0.2, 0.25) is 5.02 Å². The molecule has 0 amide bonds. The van der Waals surface area contributed by atoms with Gasteiger partial charge >= 0.3 is 0 Å². The predicted octanol–water partition coefficient (Wildman–Crippen LogP) is 3.43. The van der Waals surface area contributed by atoms with Gasteiger partial charge in [-0.2, -0.15) is 0 Å². The van der Waals surface area contributed by atoms with Gasteiger partial charge in [0.1, 0.15) is 0 Å². The van der Waals surface area contributed by atoms with Crippen LogP contribution < -0.4 is 5.73 Å². The predicted molar refractivity (Wildman–Crippen MR) is 141 cm³/mol. The second-order valence-corrected chi connectivity index (χ2v) is 10.1. The van der Waals surface area contributed by atoms with Gasteiger partial charge < -0.3 is 20.1 Å². The average Bonchev–Trinajstić information content (AvgIpc) is 3.23. The molecule has 1 fully saturated rings. The molecule has 1 aromatic carbocycles. The molecule has 2 aliphatic rings. The van der Waals surface area contributed by atoms with E-state index in [0.717, 1.165) is 46.7 Å². The molecule has 3 heterocycles. The molecule has 3 aromatic rings. The first-order chi connectivity index (χ1) is 17.3. The standard InChI is InChI=1S/C27H33ClN6O2/c1-17(2)36-27(35)34-11-9-33(10-12-34)26-20-7-6-19(28)14-21(20)22(13-18-5-4-8-31-25(18)26)24(29)23-15-30-16-32(23)3/h4-8,13-17,24,26-27,35H,9-12,29H2,1-3H3/t24?,26-,27?/m0/s1. The topological polar surface area (TPSA) is 92.7 Å². The summed E-state index contributed by atoms with van der Waals surface area (Å²) in [4.78, 5) is 13.5. The average molecular weight is 509 g/mol. The van der Waals surface area contributed by atoms with Crippen LogP contribution >= 0.6 is 11.6 Å². The summed E-state index contributed by atoms with van der Waals surface area (Å²) in [5.41, 5.74) is 12.9. The number of hydrogen-bond donors (Lipinski definition) is 2. The number of benzene rings is 1. The fourth-order valence-electron chi connectivity index (χ4n) is 5.19. The molecule has 0 bridgehead atoms. The van der Waals surface area contributed by atoms with Crippen LogP contribution in [-0.4, -0.2) is 68.1 Å². The summed E-state index contributed by atoms with van der Waals surface area (Å²) >= 11 is 6.53. The Hall–Kier alpha value is -2.59. The highest BCUT2D eigenvalue weighted by Crippen LogP contribution is 2.43. The first kappa shape index (κ1) is 25.1. The Labute approximate surface area is 217 Å². The zero-order chi connectivity index (χ0) is 25.4. The van der Waals surface area contributed by atoms with E-state index in [9.17, 15) is 5.11 Å². The van der Waals surface area contributed by atoms with E-state index >= 15 is 0 Å². The highest BCUT2D eigenvalue weighted by atomic mass is 35.5. The Bertz CT molecular complexity index is 1250. The zero-order valence-corrected chi connectivity index (χ0v) is 21.6. The number of imidazole rings is 1. The van der Waals surface area contributed by atoms with Crippen molar-refractivity contribution in [3.63, 3.8) is 0 Å². The molecule has 1 saturated heterocycles. The molecular formula is C27H33ClN6O2. The Kier molecular flexibility index (Phi) is 7.25. The number of piperazine rings is 1. The van der Waals surface area contributed by atoms with Crippen molar-refractivity contribution in [3.05, 3.63) is 82.2 Å². The van der Waals surface area contributed by atoms with E-state index in [2.05, 4.69) is 28.1 Å². The van der Waals surface area contributed by atoms with Crippen LogP contribution in [0.15, 0.2) is 49.1 Å². The molecule has 9 heteroatoms. The highest BCUT2D eigenvalue weighted by Gasteiger charge is 2.35. The number of aromatic nitrogens is 3. The summed E-state index contributed by atoms with van der Waals surface area (Å²) in [6.07, 6.45) is 6.62. The number of hydrogen-bond acceptors (Lipinski definition) is 7. The van der Waals surface area contributed by atoms with Gasteiger partial charge in [0.2, 0.25) is 6.41 Å². The van der Waals surface area contributed by atoms with Crippen LogP contribution in [-0.2, 0) is 11.8 Å². The van der Waals surface area contributed by atoms with Crippen molar-refractivity contribution in [3.8, 4) is 0 Å². The van der Waals surface area contributed by atoms with Gasteiger partial charge in [0.15, 0.2) is 0 Å². The molecule has 8 nitrogen and oxygen atoms in total. The van der Waals surface area contributed by atoms with Gasteiger partial charge in [-0.05, 0) is 60.4 Å². The Morgan fingerprint density at radius 3 is 2.64 bits per heavy atom. The van der Waals surface area contributed by atoms with Crippen LogP contribution in [0.5, 0.6) is 0 Å². The number of nitrogens with two attached hydrogens (primary N) is 1. The van der Waals surface area contributed by atoms with E-state index in [0.29, 0.717) is 18.1 Å². The molecule has 0 radical (unpaired) electrons. The van der Waals surface area contributed by atoms with Crippen LogP contribution in [0.4, 0.5) is 0 Å². The smallest absolute Gasteiger partial charge is 0.216 e. The van der Waals surface area contributed by atoms with E-state index in [1.807, 2.05) is 61.0 Å². The van der Waals surface area contributed by atoms with E-state index in [4.69, 9.17) is 27.1 Å². The van der Waals surface area contributed by atoms with Gasteiger partial charge in [-0.15, -0.1) is 0 Å². The van der Waals surface area contributed by atoms with E-state index < -0.39 is 6.41 Å². The minimum Gasteiger partial charge on any atom is -0.356 e. The number of rotatable bonds is 6. The fourth-order valence-corrected chi connectivity index (χ4v) is 5.36. The number of pyridine rings is 1. The van der Waals surface area contributed by atoms with Gasteiger partial charge in [-0.1, -0.05) is 23.7 Å². The van der Waals surface area contributed by atoms with Crippen molar-refractivity contribution in [2.24, 2.45) is 12.8 Å². The molecule has 5 rings (SSSR count). The molecule has 1 aliphatic carbocycles. The van der Waals surface area contributed by atoms with Crippen LogP contribution in [0.1, 0.15) is 54.0 Å². The Morgan fingerprint density at radius 2 is 1.94 bits per heavy atom. The molecule has 2 aromatic heterocycles. The lowest BCUT2D eigenvalue weighted by Crippen LogP contribution is -2.52. The maximum absolute atomic E-state index is 10.5. The second-order valence-electron chi connectivity index (χ2n) is 9.70. The molecule has 1 aliphatic heterocycles. The SMILES string of the molecule is CC(C)OC(O)N1CCN([C@H]2c3ccc(Cl)cc3C(C(N)c3cncn3C)=Cc3cccnc32)CC1. The van der Waals surface area contributed by atoms with Crippen molar-refractivity contribution in [1.82, 2.24) is 24.3 Å². The maximum atomic E-state index is 10.5. The van der Waals surface area contributed by atoms with Gasteiger partial charge in [0.25, 0.3) is 0 Å². The van der Waals surface area contributed by atoms with Crippen molar-refractivity contribution < 1.29 is 9.84 Å². The lowest BCUT2D eigenvalue weighted by molar-refractivity contribution is -0.218. The molecule has 3 N–H and O–H groups in total. The summed E-state index contributed by atoms with van der Waals surface area (Å²) in [6, 6.07) is 9.63. The first-order valence-corrected chi connectivity index (χ1v) is 12.7. The normalized spacial score (nSPS) is 20.4. The number of fused-ring (bicyclic) bond motifs is 2. The van der Waals surface area contributed by atoms with Crippen molar-refractivity contribution in [2.75, 3.05) is 26.2 Å². The summed E-state index contributed by atoms with van der Waals surface area (Å²) in [6.45, 7) is 6.73. The monoisotopic (exact) mass is 508 g/mol. The molecule has 36 heavy (non-hydrogen) atoms. The summed E-state index contributed by atoms with van der Waals surface area (Å²) in [5, 5.41) is 11.1. The molecular weight excluding hydrogens is 476 g/mol. The van der Waals surface area contributed by atoms with Crippen molar-refractivity contribution >= 4 is 23.3 Å². The summed E-state index contributed by atoms with van der Waals surface area (Å²) < 4.78 is 7.56. The number of ether oxygens (including phenoxy) is 1. The van der Waals surface area contributed by atoms with Crippen molar-refractivity contribution in [2.45, 2.75) is 38.4 Å². The van der Waals surface area contributed by atoms with Crippen LogP contribution in [0.3, 0.4) is 0 Å². The second kappa shape index (κ2) is 10.4. The molecule has 2 unspecified atom stereocenters. The minimum atomic E-state index is -0.900. The molecule has 190 valence electrons. The minimum absolute atomic E-state index is 0.0410. The zero-order valence-electron chi connectivity index (χ0n) is 20.9. The van der Waals surface area contributed by atoms with Crippen molar-refractivity contribution in [1.29, 1.82) is 0 Å². The molecule has 0 spiro atoms. The molecule has 3 atom stereocenters. The lowest BCUT2D eigenvalue weighted by atomic mass is 9.90. The molecule has 0 saturated carbocycles. The van der Waals surface area contributed by atoms with Crippen LogP contribution in [0, 0.1) is 0 Å². The maximum Gasteiger partial charge on any atom is 0.216 e.